The summed E-state index contributed by atoms with van der Waals surface area (Å²) in [5.41, 5.74) is 3.98. The molecule has 0 bridgehead atoms. The van der Waals surface area contributed by atoms with Gasteiger partial charge >= 0.3 is 5.97 Å². The third-order valence-electron chi connectivity index (χ3n) is 4.82. The summed E-state index contributed by atoms with van der Waals surface area (Å²) in [5, 5.41) is 0. The molecule has 0 spiro atoms. The summed E-state index contributed by atoms with van der Waals surface area (Å²) in [5.74, 6) is 2.09. The van der Waals surface area contributed by atoms with Crippen molar-refractivity contribution in [1.82, 2.24) is 0 Å². The van der Waals surface area contributed by atoms with Gasteiger partial charge in [-0.2, -0.15) is 0 Å². The Morgan fingerprint density at radius 3 is 2.04 bits per heavy atom. The van der Waals surface area contributed by atoms with Crippen LogP contribution in [0, 0.1) is 3.57 Å². The molecule has 0 N–H and O–H groups in total. The summed E-state index contributed by atoms with van der Waals surface area (Å²) < 4.78 is 27.9. The van der Waals surface area contributed by atoms with Crippen molar-refractivity contribution in [3.63, 3.8) is 0 Å². The van der Waals surface area contributed by atoms with Crippen LogP contribution in [0.1, 0.15) is 23.5 Å². The molecule has 0 heterocycles. The number of halogens is 1. The van der Waals surface area contributed by atoms with Crippen LogP contribution in [0.3, 0.4) is 0 Å². The number of ether oxygens (including phenoxy) is 5. The molecular formula is C20H21IO6. The van der Waals surface area contributed by atoms with E-state index in [1.54, 1.807) is 28.4 Å². The van der Waals surface area contributed by atoms with Crippen molar-refractivity contribution in [2.24, 2.45) is 0 Å². The van der Waals surface area contributed by atoms with Gasteiger partial charge in [0.15, 0.2) is 23.0 Å². The summed E-state index contributed by atoms with van der Waals surface area (Å²) in [6.45, 7) is 0. The number of benzene rings is 2. The number of hydrogen-bond acceptors (Lipinski definition) is 6. The molecule has 1 unspecified atom stereocenters. The maximum atomic E-state index is 12.1. The zero-order chi connectivity index (χ0) is 19.7. The number of carbonyl (C=O) groups is 1. The van der Waals surface area contributed by atoms with Crippen LogP contribution < -0.4 is 18.9 Å². The van der Waals surface area contributed by atoms with E-state index in [1.165, 1.54) is 7.11 Å². The van der Waals surface area contributed by atoms with E-state index in [0.717, 1.165) is 25.8 Å². The molecule has 0 aromatic heterocycles. The highest BCUT2D eigenvalue weighted by Gasteiger charge is 2.36. The molecule has 3 rings (SSSR count). The quantitative estimate of drug-likeness (QED) is 0.457. The van der Waals surface area contributed by atoms with Crippen molar-refractivity contribution < 1.29 is 28.5 Å². The van der Waals surface area contributed by atoms with Gasteiger partial charge in [-0.05, 0) is 57.5 Å². The second-order valence-corrected chi connectivity index (χ2v) is 7.10. The zero-order valence-corrected chi connectivity index (χ0v) is 18.0. The van der Waals surface area contributed by atoms with Crippen LogP contribution in [0.4, 0.5) is 0 Å². The van der Waals surface area contributed by atoms with Crippen LogP contribution in [0.2, 0.25) is 0 Å². The van der Waals surface area contributed by atoms with Crippen molar-refractivity contribution in [3.05, 3.63) is 32.9 Å². The number of hydrogen-bond donors (Lipinski definition) is 0. The third-order valence-corrected chi connectivity index (χ3v) is 5.85. The lowest BCUT2D eigenvalue weighted by molar-refractivity contribution is -0.140. The maximum absolute atomic E-state index is 12.1. The van der Waals surface area contributed by atoms with Crippen LogP contribution in [0.5, 0.6) is 23.0 Å². The smallest absolute Gasteiger partial charge is 0.306 e. The molecule has 2 aromatic carbocycles. The Hall–Kier alpha value is -2.16. The molecular weight excluding hydrogens is 463 g/mol. The minimum Gasteiger partial charge on any atom is -0.493 e. The van der Waals surface area contributed by atoms with Gasteiger partial charge in [0.25, 0.3) is 0 Å². The SMILES string of the molecule is COC(=O)CC1c2cc(OC)c(OC)cc2-c2c1cc(OC)c(OC)c2I. The van der Waals surface area contributed by atoms with E-state index in [2.05, 4.69) is 22.6 Å². The van der Waals surface area contributed by atoms with Gasteiger partial charge in [0.2, 0.25) is 0 Å². The van der Waals surface area contributed by atoms with E-state index in [9.17, 15) is 4.79 Å². The summed E-state index contributed by atoms with van der Waals surface area (Å²) in [6.07, 6.45) is 0.220. The fraction of sp³-hybridized carbons (Fsp3) is 0.350. The summed E-state index contributed by atoms with van der Waals surface area (Å²) in [4.78, 5) is 12.1. The van der Waals surface area contributed by atoms with E-state index in [0.29, 0.717) is 23.0 Å². The van der Waals surface area contributed by atoms with Crippen molar-refractivity contribution in [1.29, 1.82) is 0 Å². The first kappa shape index (κ1) is 19.6. The van der Waals surface area contributed by atoms with E-state index >= 15 is 0 Å². The predicted molar refractivity (Wildman–Crippen MR) is 109 cm³/mol. The predicted octanol–water partition coefficient (Wildman–Crippen LogP) is 4.00. The van der Waals surface area contributed by atoms with E-state index in [1.807, 2.05) is 18.2 Å². The first-order valence-electron chi connectivity index (χ1n) is 8.28. The second kappa shape index (κ2) is 7.84. The molecule has 1 aliphatic rings. The molecule has 27 heavy (non-hydrogen) atoms. The number of esters is 1. The van der Waals surface area contributed by atoms with Crippen molar-refractivity contribution in [2.75, 3.05) is 35.5 Å². The van der Waals surface area contributed by atoms with Gasteiger partial charge in [-0.15, -0.1) is 0 Å². The van der Waals surface area contributed by atoms with Crippen LogP contribution >= 0.6 is 22.6 Å². The molecule has 0 saturated carbocycles. The number of rotatable bonds is 6. The van der Waals surface area contributed by atoms with Crippen LogP contribution in [-0.4, -0.2) is 41.5 Å². The highest BCUT2D eigenvalue weighted by atomic mass is 127. The molecule has 144 valence electrons. The summed E-state index contributed by atoms with van der Waals surface area (Å²) in [6, 6.07) is 5.80. The Balaban J connectivity index is 2.32. The molecule has 0 fully saturated rings. The largest absolute Gasteiger partial charge is 0.493 e. The number of carbonyl (C=O) groups excluding carboxylic acids is 1. The van der Waals surface area contributed by atoms with Gasteiger partial charge in [-0.3, -0.25) is 4.79 Å². The highest BCUT2D eigenvalue weighted by Crippen LogP contribution is 2.55. The monoisotopic (exact) mass is 484 g/mol. The van der Waals surface area contributed by atoms with Gasteiger partial charge in [-0.1, -0.05) is 0 Å². The van der Waals surface area contributed by atoms with Gasteiger partial charge in [0.05, 0.1) is 45.5 Å². The minimum atomic E-state index is -0.279. The molecule has 1 atom stereocenters. The van der Waals surface area contributed by atoms with Gasteiger partial charge in [0, 0.05) is 11.5 Å². The molecule has 0 amide bonds. The fourth-order valence-corrected chi connectivity index (χ4v) is 4.64. The first-order chi connectivity index (χ1) is 13.0. The first-order valence-corrected chi connectivity index (χ1v) is 9.35. The molecule has 7 heteroatoms. The number of fused-ring (bicyclic) bond motifs is 3. The van der Waals surface area contributed by atoms with Crippen molar-refractivity contribution in [2.45, 2.75) is 12.3 Å². The number of methoxy groups -OCH3 is 5. The molecule has 0 radical (unpaired) electrons. The molecule has 2 aromatic rings. The average Bonchev–Trinajstić information content (AvgIpc) is 2.99. The lowest BCUT2D eigenvalue weighted by atomic mass is 9.93. The van der Waals surface area contributed by atoms with Gasteiger partial charge in [0.1, 0.15) is 0 Å². The van der Waals surface area contributed by atoms with E-state index < -0.39 is 0 Å². The standard InChI is InChI=1S/C20H21IO6/c1-23-14-6-10-11(9-17(22)26-4)13-8-16(25-3)20(27-5)19(21)18(13)12(10)7-15(14)24-2/h6-8,11H,9H2,1-5H3. The fourth-order valence-electron chi connectivity index (χ4n) is 3.55. The Labute approximate surface area is 171 Å². The lowest BCUT2D eigenvalue weighted by Crippen LogP contribution is -2.08. The second-order valence-electron chi connectivity index (χ2n) is 6.02. The molecule has 0 aliphatic heterocycles. The molecule has 0 saturated heterocycles. The van der Waals surface area contributed by atoms with Crippen LogP contribution in [0.25, 0.3) is 11.1 Å². The normalized spacial score (nSPS) is 14.2. The Kier molecular flexibility index (Phi) is 5.69. The minimum absolute atomic E-state index is 0.171. The maximum Gasteiger partial charge on any atom is 0.306 e. The van der Waals surface area contributed by atoms with E-state index in [-0.39, 0.29) is 18.3 Å². The molecule has 1 aliphatic carbocycles. The van der Waals surface area contributed by atoms with Gasteiger partial charge in [-0.25, -0.2) is 0 Å². The Bertz CT molecular complexity index is 893. The zero-order valence-electron chi connectivity index (χ0n) is 15.8. The van der Waals surface area contributed by atoms with Crippen LogP contribution in [0.15, 0.2) is 18.2 Å². The summed E-state index contributed by atoms with van der Waals surface area (Å²) >= 11 is 2.25. The van der Waals surface area contributed by atoms with Crippen molar-refractivity contribution in [3.8, 4) is 34.1 Å². The Morgan fingerprint density at radius 1 is 0.889 bits per heavy atom. The third kappa shape index (κ3) is 3.18. The van der Waals surface area contributed by atoms with Gasteiger partial charge < -0.3 is 23.7 Å². The molecule has 6 nitrogen and oxygen atoms in total. The van der Waals surface area contributed by atoms with E-state index in [4.69, 9.17) is 23.7 Å². The highest BCUT2D eigenvalue weighted by molar-refractivity contribution is 14.1. The lowest BCUT2D eigenvalue weighted by Gasteiger charge is -2.16. The van der Waals surface area contributed by atoms with Crippen LogP contribution in [-0.2, 0) is 9.53 Å². The Morgan fingerprint density at radius 2 is 1.48 bits per heavy atom. The average molecular weight is 484 g/mol. The summed E-state index contributed by atoms with van der Waals surface area (Å²) in [7, 11) is 7.81. The van der Waals surface area contributed by atoms with Crippen molar-refractivity contribution >= 4 is 28.6 Å². The topological polar surface area (TPSA) is 63.2 Å².